The molecule has 0 spiro atoms. The van der Waals surface area contributed by atoms with Crippen molar-refractivity contribution in [3.8, 4) is 0 Å². The normalized spacial score (nSPS) is 18.7. The van der Waals surface area contributed by atoms with Crippen LogP contribution in [0.15, 0.2) is 42.7 Å². The second kappa shape index (κ2) is 8.77. The van der Waals surface area contributed by atoms with Crippen LogP contribution in [-0.4, -0.2) is 61.8 Å². The highest BCUT2D eigenvalue weighted by atomic mass is 16.2. The first-order chi connectivity index (χ1) is 16.1. The lowest BCUT2D eigenvalue weighted by Crippen LogP contribution is -2.60. The van der Waals surface area contributed by atoms with Gasteiger partial charge in [0.2, 0.25) is 5.91 Å². The van der Waals surface area contributed by atoms with Crippen molar-refractivity contribution in [2.45, 2.75) is 39.8 Å². The van der Waals surface area contributed by atoms with Crippen molar-refractivity contribution in [1.82, 2.24) is 25.0 Å². The Balaban J connectivity index is 1.62. The van der Waals surface area contributed by atoms with Gasteiger partial charge in [-0.25, -0.2) is 4.98 Å². The van der Waals surface area contributed by atoms with E-state index < -0.39 is 23.3 Å². The van der Waals surface area contributed by atoms with E-state index in [-0.39, 0.29) is 24.3 Å². The van der Waals surface area contributed by atoms with Crippen LogP contribution in [-0.2, 0) is 14.4 Å². The number of H-pyrrole nitrogens is 1. The van der Waals surface area contributed by atoms with Crippen LogP contribution in [0.3, 0.4) is 0 Å². The highest BCUT2D eigenvalue weighted by molar-refractivity contribution is 6.40. The van der Waals surface area contributed by atoms with E-state index in [1.54, 1.807) is 4.90 Å². The molecule has 34 heavy (non-hydrogen) atoms. The smallest absolute Gasteiger partial charge is 0.314 e. The third-order valence-corrected chi connectivity index (χ3v) is 6.05. The Morgan fingerprint density at radius 2 is 1.79 bits per heavy atom. The molecule has 0 unspecified atom stereocenters. The number of fused-ring (bicyclic) bond motifs is 1. The Bertz CT molecular complexity index is 1230. The first kappa shape index (κ1) is 23.2. The highest BCUT2D eigenvalue weighted by Crippen LogP contribution is 2.31. The minimum Gasteiger partial charge on any atom is -0.383 e. The van der Waals surface area contributed by atoms with Crippen molar-refractivity contribution in [2.24, 2.45) is 5.41 Å². The Hall–Kier alpha value is -3.95. The first-order valence-corrected chi connectivity index (χ1v) is 11.1. The summed E-state index contributed by atoms with van der Waals surface area (Å²) < 4.78 is 0. The summed E-state index contributed by atoms with van der Waals surface area (Å²) in [6, 6.07) is 8.73. The van der Waals surface area contributed by atoms with E-state index in [0.29, 0.717) is 23.1 Å². The molecular formula is C24H29N7O3. The molecule has 4 rings (SSSR count). The van der Waals surface area contributed by atoms with Crippen LogP contribution in [0.5, 0.6) is 0 Å². The van der Waals surface area contributed by atoms with E-state index in [4.69, 9.17) is 5.73 Å². The monoisotopic (exact) mass is 463 g/mol. The number of pyridine rings is 1. The maximum Gasteiger partial charge on any atom is 0.314 e. The van der Waals surface area contributed by atoms with Crippen LogP contribution in [0, 0.1) is 5.41 Å². The maximum absolute atomic E-state index is 13.4. The molecule has 3 aromatic rings. The van der Waals surface area contributed by atoms with Gasteiger partial charge in [-0.15, -0.1) is 0 Å². The topological polar surface area (TPSA) is 137 Å². The highest BCUT2D eigenvalue weighted by Gasteiger charge is 2.41. The van der Waals surface area contributed by atoms with E-state index in [9.17, 15) is 14.4 Å². The zero-order chi connectivity index (χ0) is 24.6. The number of amides is 3. The van der Waals surface area contributed by atoms with Crippen LogP contribution in [0.4, 0.5) is 11.5 Å². The van der Waals surface area contributed by atoms with Crippen molar-refractivity contribution < 1.29 is 14.4 Å². The van der Waals surface area contributed by atoms with Gasteiger partial charge < -0.3 is 20.9 Å². The lowest BCUT2D eigenvalue weighted by molar-refractivity contribution is -0.154. The Morgan fingerprint density at radius 1 is 1.09 bits per heavy atom. The van der Waals surface area contributed by atoms with Gasteiger partial charge in [0, 0.05) is 24.5 Å². The number of piperazine rings is 1. The van der Waals surface area contributed by atoms with E-state index in [0.717, 1.165) is 5.56 Å². The molecule has 2 atom stereocenters. The SMILES string of the molecule is C[C@@H]1CN(C(=O)C(=O)Nc2cnc(N)c3cn[nH]c23)[C@@H](c2ccccc2)CN1C(=O)C(C)(C)C. The number of benzene rings is 1. The number of nitrogens with one attached hydrogen (secondary N) is 2. The first-order valence-electron chi connectivity index (χ1n) is 11.1. The largest absolute Gasteiger partial charge is 0.383 e. The average molecular weight is 464 g/mol. The van der Waals surface area contributed by atoms with Crippen molar-refractivity contribution in [1.29, 1.82) is 0 Å². The molecule has 4 N–H and O–H groups in total. The molecule has 0 aliphatic carbocycles. The minimum absolute atomic E-state index is 0.00654. The standard InChI is InChI=1S/C24H29N7O3/c1-14-12-31(18(15-8-6-5-7-9-15)13-30(14)23(34)24(2,3)4)22(33)21(32)28-17-11-26-20(25)16-10-27-29-19(16)17/h5-11,14,18H,12-13H2,1-4H3,(H2,25,26)(H,27,29)(H,28,32)/t14-,18-/m1/s1. The van der Waals surface area contributed by atoms with E-state index in [1.807, 2.05) is 58.0 Å². The molecule has 1 aliphatic heterocycles. The third-order valence-electron chi connectivity index (χ3n) is 6.05. The molecule has 3 heterocycles. The summed E-state index contributed by atoms with van der Waals surface area (Å²) in [5.41, 5.74) is 6.95. The van der Waals surface area contributed by atoms with Crippen molar-refractivity contribution in [3.05, 3.63) is 48.3 Å². The molecule has 2 aromatic heterocycles. The molecule has 3 amide bonds. The summed E-state index contributed by atoms with van der Waals surface area (Å²) in [7, 11) is 0. The number of nitrogen functional groups attached to an aromatic ring is 1. The fraction of sp³-hybridized carbons (Fsp3) is 0.375. The maximum atomic E-state index is 13.4. The van der Waals surface area contributed by atoms with Crippen LogP contribution in [0.2, 0.25) is 0 Å². The Labute approximate surface area is 197 Å². The van der Waals surface area contributed by atoms with E-state index >= 15 is 0 Å². The lowest BCUT2D eigenvalue weighted by Gasteiger charge is -2.46. The number of aromatic nitrogens is 3. The number of aromatic amines is 1. The van der Waals surface area contributed by atoms with Gasteiger partial charge in [0.15, 0.2) is 0 Å². The summed E-state index contributed by atoms with van der Waals surface area (Å²) >= 11 is 0. The summed E-state index contributed by atoms with van der Waals surface area (Å²) in [6.07, 6.45) is 2.89. The van der Waals surface area contributed by atoms with Crippen molar-refractivity contribution >= 4 is 40.1 Å². The van der Waals surface area contributed by atoms with Gasteiger partial charge in [0.25, 0.3) is 0 Å². The molecule has 10 nitrogen and oxygen atoms in total. The summed E-state index contributed by atoms with van der Waals surface area (Å²) in [5.74, 6) is -1.21. The van der Waals surface area contributed by atoms with Gasteiger partial charge in [0.1, 0.15) is 5.82 Å². The van der Waals surface area contributed by atoms with Gasteiger partial charge in [0.05, 0.1) is 35.0 Å². The number of hydrogen-bond donors (Lipinski definition) is 3. The fourth-order valence-corrected chi connectivity index (χ4v) is 4.23. The van der Waals surface area contributed by atoms with Gasteiger partial charge in [-0.05, 0) is 12.5 Å². The molecule has 1 aromatic carbocycles. The number of rotatable bonds is 2. The van der Waals surface area contributed by atoms with Crippen LogP contribution in [0.1, 0.15) is 39.3 Å². The summed E-state index contributed by atoms with van der Waals surface area (Å²) in [5, 5.41) is 9.91. The van der Waals surface area contributed by atoms with Crippen molar-refractivity contribution in [2.75, 3.05) is 24.1 Å². The fourth-order valence-electron chi connectivity index (χ4n) is 4.23. The summed E-state index contributed by atoms with van der Waals surface area (Å²) in [4.78, 5) is 46.9. The molecule has 10 heteroatoms. The van der Waals surface area contributed by atoms with Crippen LogP contribution < -0.4 is 11.1 Å². The van der Waals surface area contributed by atoms with Gasteiger partial charge in [-0.2, -0.15) is 5.10 Å². The number of carbonyl (C=O) groups excluding carboxylic acids is 3. The predicted octanol–water partition coefficient (Wildman–Crippen LogP) is 2.33. The minimum atomic E-state index is -0.800. The molecule has 1 fully saturated rings. The van der Waals surface area contributed by atoms with Crippen molar-refractivity contribution in [3.63, 3.8) is 0 Å². The van der Waals surface area contributed by atoms with Gasteiger partial charge >= 0.3 is 11.8 Å². The molecule has 0 saturated carbocycles. The zero-order valence-corrected chi connectivity index (χ0v) is 19.7. The molecule has 178 valence electrons. The predicted molar refractivity (Wildman–Crippen MR) is 128 cm³/mol. The van der Waals surface area contributed by atoms with Crippen LogP contribution in [0.25, 0.3) is 10.9 Å². The zero-order valence-electron chi connectivity index (χ0n) is 19.7. The second-order valence-electron chi connectivity index (χ2n) is 9.61. The second-order valence-corrected chi connectivity index (χ2v) is 9.61. The van der Waals surface area contributed by atoms with Gasteiger partial charge in [-0.3, -0.25) is 19.5 Å². The van der Waals surface area contributed by atoms with E-state index in [1.165, 1.54) is 17.3 Å². The average Bonchev–Trinajstić information content (AvgIpc) is 3.31. The number of hydrogen-bond acceptors (Lipinski definition) is 6. The Kier molecular flexibility index (Phi) is 5.99. The lowest BCUT2D eigenvalue weighted by atomic mass is 9.91. The molecule has 1 aliphatic rings. The van der Waals surface area contributed by atoms with Gasteiger partial charge in [-0.1, -0.05) is 51.1 Å². The number of carbonyl (C=O) groups is 3. The molecule has 1 saturated heterocycles. The quantitative estimate of drug-likeness (QED) is 0.499. The summed E-state index contributed by atoms with van der Waals surface area (Å²) in [6.45, 7) is 8.05. The van der Waals surface area contributed by atoms with E-state index in [2.05, 4.69) is 20.5 Å². The molecule has 0 bridgehead atoms. The number of nitrogens with zero attached hydrogens (tertiary/aromatic N) is 4. The number of anilines is 2. The third kappa shape index (κ3) is 4.30. The Morgan fingerprint density at radius 3 is 2.47 bits per heavy atom. The molecular weight excluding hydrogens is 434 g/mol. The van der Waals surface area contributed by atoms with Crippen LogP contribution >= 0.6 is 0 Å². The molecule has 0 radical (unpaired) electrons. The number of nitrogens with two attached hydrogens (primary N) is 1.